The molecule has 2 amide bonds. The molecular weight excluding hydrogens is 485 g/mol. The third-order valence-electron chi connectivity index (χ3n) is 5.00. The molecule has 9 heteroatoms. The summed E-state index contributed by atoms with van der Waals surface area (Å²) < 4.78 is 18.3. The molecule has 0 saturated carbocycles. The van der Waals surface area contributed by atoms with Crippen LogP contribution < -0.4 is 15.4 Å². The molecule has 3 aromatic carbocycles. The summed E-state index contributed by atoms with van der Waals surface area (Å²) in [5, 5.41) is 7.62. The van der Waals surface area contributed by atoms with Gasteiger partial charge in [0.25, 0.3) is 5.91 Å². The summed E-state index contributed by atoms with van der Waals surface area (Å²) >= 11 is 2.71. The van der Waals surface area contributed by atoms with Crippen molar-refractivity contribution in [1.82, 2.24) is 4.98 Å². The predicted molar refractivity (Wildman–Crippen MR) is 139 cm³/mol. The van der Waals surface area contributed by atoms with E-state index in [0.29, 0.717) is 27.8 Å². The Morgan fingerprint density at radius 2 is 1.77 bits per heavy atom. The van der Waals surface area contributed by atoms with Crippen LogP contribution in [0.4, 0.5) is 15.2 Å². The summed E-state index contributed by atoms with van der Waals surface area (Å²) in [5.41, 5.74) is 2.61. The first-order chi connectivity index (χ1) is 16.9. The van der Waals surface area contributed by atoms with E-state index in [1.807, 2.05) is 24.4 Å². The maximum Gasteiger partial charge on any atom is 0.255 e. The maximum atomic E-state index is 13.1. The fourth-order valence-electron chi connectivity index (χ4n) is 3.13. The maximum absolute atomic E-state index is 13.1. The van der Waals surface area contributed by atoms with Gasteiger partial charge in [-0.2, -0.15) is 0 Å². The Labute approximate surface area is 210 Å². The highest BCUT2D eigenvalue weighted by Gasteiger charge is 2.17. The molecular formula is C26H22FN3O3S2. The lowest BCUT2D eigenvalue weighted by Gasteiger charge is -2.11. The van der Waals surface area contributed by atoms with E-state index in [4.69, 9.17) is 4.74 Å². The Bertz CT molecular complexity index is 1320. The van der Waals surface area contributed by atoms with Gasteiger partial charge in [-0.15, -0.1) is 23.1 Å². The molecule has 0 fully saturated rings. The highest BCUT2D eigenvalue weighted by atomic mass is 32.2. The number of hydrogen-bond acceptors (Lipinski definition) is 6. The van der Waals surface area contributed by atoms with Crippen LogP contribution in [-0.2, 0) is 4.79 Å². The monoisotopic (exact) mass is 507 g/mol. The van der Waals surface area contributed by atoms with Crippen molar-refractivity contribution in [2.24, 2.45) is 0 Å². The number of methoxy groups -OCH3 is 1. The quantitative estimate of drug-likeness (QED) is 0.273. The molecule has 1 heterocycles. The number of halogens is 1. The Balaban J connectivity index is 1.31. The number of carbonyl (C=O) groups is 2. The van der Waals surface area contributed by atoms with Gasteiger partial charge in [0.15, 0.2) is 5.13 Å². The highest BCUT2D eigenvalue weighted by molar-refractivity contribution is 8.00. The van der Waals surface area contributed by atoms with Crippen LogP contribution in [0.1, 0.15) is 17.3 Å². The van der Waals surface area contributed by atoms with E-state index in [1.165, 1.54) is 35.2 Å². The number of hydrogen-bond donors (Lipinski definition) is 2. The number of benzene rings is 3. The zero-order chi connectivity index (χ0) is 24.8. The molecule has 1 aromatic heterocycles. The van der Waals surface area contributed by atoms with Gasteiger partial charge in [-0.3, -0.25) is 9.59 Å². The molecule has 4 rings (SSSR count). The minimum absolute atomic E-state index is 0.176. The van der Waals surface area contributed by atoms with E-state index < -0.39 is 0 Å². The second-order valence-electron chi connectivity index (χ2n) is 7.50. The topological polar surface area (TPSA) is 80.3 Å². The zero-order valence-corrected chi connectivity index (χ0v) is 20.6. The first-order valence-electron chi connectivity index (χ1n) is 10.7. The number of ether oxygens (including phenoxy) is 1. The van der Waals surface area contributed by atoms with Gasteiger partial charge in [0.2, 0.25) is 5.91 Å². The van der Waals surface area contributed by atoms with E-state index in [-0.39, 0.29) is 22.9 Å². The molecule has 0 saturated heterocycles. The molecule has 0 bridgehead atoms. The molecule has 178 valence electrons. The number of amides is 2. The van der Waals surface area contributed by atoms with Gasteiger partial charge in [0, 0.05) is 27.1 Å². The lowest BCUT2D eigenvalue weighted by molar-refractivity contribution is -0.115. The number of anilines is 2. The summed E-state index contributed by atoms with van der Waals surface area (Å²) in [6.07, 6.45) is 0. The average molecular weight is 508 g/mol. The number of rotatable bonds is 8. The molecule has 1 unspecified atom stereocenters. The van der Waals surface area contributed by atoms with Gasteiger partial charge in [0.1, 0.15) is 11.6 Å². The van der Waals surface area contributed by atoms with Crippen molar-refractivity contribution in [2.45, 2.75) is 17.1 Å². The van der Waals surface area contributed by atoms with Gasteiger partial charge >= 0.3 is 0 Å². The fourth-order valence-corrected chi connectivity index (χ4v) is 4.72. The van der Waals surface area contributed by atoms with E-state index >= 15 is 0 Å². The van der Waals surface area contributed by atoms with Crippen molar-refractivity contribution in [1.29, 1.82) is 0 Å². The third kappa shape index (κ3) is 6.46. The number of thioether (sulfide) groups is 1. The van der Waals surface area contributed by atoms with Crippen molar-refractivity contribution < 1.29 is 18.7 Å². The minimum atomic E-state index is -0.370. The fraction of sp³-hybridized carbons (Fsp3) is 0.115. The second-order valence-corrected chi connectivity index (χ2v) is 9.78. The van der Waals surface area contributed by atoms with E-state index in [9.17, 15) is 14.0 Å². The van der Waals surface area contributed by atoms with Crippen molar-refractivity contribution >= 4 is 45.7 Å². The number of nitrogens with one attached hydrogen (secondary N) is 2. The lowest BCUT2D eigenvalue weighted by Crippen LogP contribution is -2.22. The van der Waals surface area contributed by atoms with Gasteiger partial charge < -0.3 is 15.4 Å². The molecule has 0 radical (unpaired) electrons. The van der Waals surface area contributed by atoms with Gasteiger partial charge in [0.05, 0.1) is 18.1 Å². The largest absolute Gasteiger partial charge is 0.497 e. The molecule has 1 atom stereocenters. The predicted octanol–water partition coefficient (Wildman–Crippen LogP) is 6.33. The van der Waals surface area contributed by atoms with Gasteiger partial charge in [-0.05, 0) is 73.7 Å². The SMILES string of the molecule is COc1cccc(C(=O)Nc2ccc(SC(C)C(=O)Nc3nc(-c4ccc(F)cc4)cs3)cc2)c1. The number of aromatic nitrogens is 1. The normalized spacial score (nSPS) is 11.5. The van der Waals surface area contributed by atoms with Crippen molar-refractivity contribution in [3.8, 4) is 17.0 Å². The van der Waals surface area contributed by atoms with Crippen molar-refractivity contribution in [3.63, 3.8) is 0 Å². The van der Waals surface area contributed by atoms with E-state index in [0.717, 1.165) is 10.5 Å². The highest BCUT2D eigenvalue weighted by Crippen LogP contribution is 2.28. The molecule has 0 aliphatic heterocycles. The molecule has 35 heavy (non-hydrogen) atoms. The Kier molecular flexibility index (Phi) is 7.79. The Hall–Kier alpha value is -3.69. The molecule has 4 aromatic rings. The summed E-state index contributed by atoms with van der Waals surface area (Å²) in [6, 6.07) is 20.3. The molecule has 6 nitrogen and oxygen atoms in total. The average Bonchev–Trinajstić information content (AvgIpc) is 3.34. The van der Waals surface area contributed by atoms with Crippen molar-refractivity contribution in [3.05, 3.63) is 89.6 Å². The van der Waals surface area contributed by atoms with Crippen LogP contribution in [0.3, 0.4) is 0 Å². The van der Waals surface area contributed by atoms with E-state index in [1.54, 1.807) is 55.6 Å². The molecule has 2 N–H and O–H groups in total. The molecule has 0 aliphatic rings. The van der Waals surface area contributed by atoms with Crippen LogP contribution in [0.25, 0.3) is 11.3 Å². The zero-order valence-electron chi connectivity index (χ0n) is 18.9. The third-order valence-corrected chi connectivity index (χ3v) is 6.87. The molecule has 0 aliphatic carbocycles. The first-order valence-corrected chi connectivity index (χ1v) is 12.4. The van der Waals surface area contributed by atoms with Crippen LogP contribution in [0.15, 0.2) is 83.1 Å². The van der Waals surface area contributed by atoms with Crippen LogP contribution >= 0.6 is 23.1 Å². The Morgan fingerprint density at radius 3 is 2.49 bits per heavy atom. The van der Waals surface area contributed by atoms with Crippen LogP contribution in [0.2, 0.25) is 0 Å². The summed E-state index contributed by atoms with van der Waals surface area (Å²) in [7, 11) is 1.55. The van der Waals surface area contributed by atoms with E-state index in [2.05, 4.69) is 15.6 Å². The van der Waals surface area contributed by atoms with Gasteiger partial charge in [-0.1, -0.05) is 6.07 Å². The van der Waals surface area contributed by atoms with Gasteiger partial charge in [-0.25, -0.2) is 9.37 Å². The van der Waals surface area contributed by atoms with Crippen LogP contribution in [-0.4, -0.2) is 29.2 Å². The minimum Gasteiger partial charge on any atom is -0.497 e. The molecule has 0 spiro atoms. The number of carbonyl (C=O) groups excluding carboxylic acids is 2. The first kappa shape index (κ1) is 24.4. The smallest absolute Gasteiger partial charge is 0.255 e. The van der Waals surface area contributed by atoms with Crippen molar-refractivity contribution in [2.75, 3.05) is 17.7 Å². The lowest BCUT2D eigenvalue weighted by atomic mass is 10.2. The van der Waals surface area contributed by atoms with Crippen LogP contribution in [0.5, 0.6) is 5.75 Å². The Morgan fingerprint density at radius 1 is 1.03 bits per heavy atom. The second kappa shape index (κ2) is 11.2. The number of thiazole rings is 1. The standard InChI is InChI=1S/C26H22FN3O3S2/c1-16(24(31)30-26-29-23(15-34-26)17-6-8-19(27)9-7-17)35-22-12-10-20(11-13-22)28-25(32)18-4-3-5-21(14-18)33-2/h3-16H,1-2H3,(H,28,32)(H,29,30,31). The number of nitrogens with zero attached hydrogens (tertiary/aromatic N) is 1. The summed E-state index contributed by atoms with van der Waals surface area (Å²) in [6.45, 7) is 1.81. The summed E-state index contributed by atoms with van der Waals surface area (Å²) in [4.78, 5) is 30.4. The van der Waals surface area contributed by atoms with Crippen LogP contribution in [0, 0.1) is 5.82 Å². The summed E-state index contributed by atoms with van der Waals surface area (Å²) in [5.74, 6) is -0.109.